The Hall–Kier alpha value is -1.94. The summed E-state index contributed by atoms with van der Waals surface area (Å²) in [7, 11) is 1.78. The van der Waals surface area contributed by atoms with Crippen LogP contribution in [0.1, 0.15) is 21.0 Å². The van der Waals surface area contributed by atoms with Gasteiger partial charge < -0.3 is 10.6 Å². The van der Waals surface area contributed by atoms with Crippen LogP contribution in [0.15, 0.2) is 53.9 Å². The molecule has 2 heterocycles. The molecule has 3 rings (SSSR count). The van der Waals surface area contributed by atoms with Gasteiger partial charge in [0.25, 0.3) is 0 Å². The quantitative estimate of drug-likeness (QED) is 0.300. The largest absolute Gasteiger partial charge is 0.356 e. The molecule has 0 saturated carbocycles. The molecule has 27 heavy (non-hydrogen) atoms. The van der Waals surface area contributed by atoms with Crippen LogP contribution in [0, 0.1) is 6.92 Å². The van der Waals surface area contributed by atoms with Crippen molar-refractivity contribution < 1.29 is 0 Å². The van der Waals surface area contributed by atoms with Crippen LogP contribution in [0.2, 0.25) is 0 Å². The highest BCUT2D eigenvalue weighted by atomic mass is 127. The van der Waals surface area contributed by atoms with E-state index in [-0.39, 0.29) is 24.0 Å². The number of rotatable bonds is 7. The first-order valence-corrected chi connectivity index (χ1v) is 9.45. The van der Waals surface area contributed by atoms with Gasteiger partial charge in [-0.25, -0.2) is 4.98 Å². The lowest BCUT2D eigenvalue weighted by Crippen LogP contribution is -2.37. The van der Waals surface area contributed by atoms with Crippen LogP contribution in [-0.2, 0) is 19.5 Å². The Balaban J connectivity index is 0.00000261. The van der Waals surface area contributed by atoms with Crippen molar-refractivity contribution in [3.8, 4) is 0 Å². The van der Waals surface area contributed by atoms with Crippen LogP contribution in [0.5, 0.6) is 0 Å². The fourth-order valence-electron chi connectivity index (χ4n) is 2.57. The highest BCUT2D eigenvalue weighted by molar-refractivity contribution is 14.0. The third-order valence-electron chi connectivity index (χ3n) is 3.86. The molecule has 0 spiro atoms. The Labute approximate surface area is 181 Å². The Morgan fingerprint density at radius 3 is 2.67 bits per heavy atom. The van der Waals surface area contributed by atoms with Gasteiger partial charge in [0, 0.05) is 49.4 Å². The zero-order valence-corrected chi connectivity index (χ0v) is 18.7. The molecule has 0 bridgehead atoms. The summed E-state index contributed by atoms with van der Waals surface area (Å²) >= 11 is 1.74. The first-order valence-electron chi connectivity index (χ1n) is 8.64. The zero-order valence-electron chi connectivity index (χ0n) is 15.6. The maximum absolute atomic E-state index is 4.43. The van der Waals surface area contributed by atoms with Gasteiger partial charge in [-0.15, -0.1) is 35.3 Å². The number of aryl methyl sites for hydroxylation is 1. The number of thiazole rings is 1. The standard InChI is InChI=1S/C19H24N6S.HI/c1-15-10-22-18(26-15)8-9-21-19(20-2)23-11-17-12-24-25(14-17)13-16-6-4-3-5-7-16;/h3-7,10,12,14H,8-9,11,13H2,1-2H3,(H2,20,21,23);1H. The second-order valence-electron chi connectivity index (χ2n) is 6.00. The van der Waals surface area contributed by atoms with Crippen LogP contribution < -0.4 is 10.6 Å². The van der Waals surface area contributed by atoms with Crippen LogP contribution in [0.25, 0.3) is 0 Å². The fraction of sp³-hybridized carbons (Fsp3) is 0.316. The minimum atomic E-state index is 0. The molecule has 3 aromatic rings. The molecular formula is C19H25IN6S. The average molecular weight is 496 g/mol. The van der Waals surface area contributed by atoms with E-state index in [4.69, 9.17) is 0 Å². The second kappa shape index (κ2) is 11.0. The van der Waals surface area contributed by atoms with Gasteiger partial charge in [0.1, 0.15) is 0 Å². The predicted octanol–water partition coefficient (Wildman–Crippen LogP) is 3.22. The van der Waals surface area contributed by atoms with Crippen molar-refractivity contribution in [1.82, 2.24) is 25.4 Å². The van der Waals surface area contributed by atoms with E-state index < -0.39 is 0 Å². The van der Waals surface area contributed by atoms with E-state index >= 15 is 0 Å². The number of hydrogen-bond acceptors (Lipinski definition) is 4. The lowest BCUT2D eigenvalue weighted by Gasteiger charge is -2.10. The molecule has 144 valence electrons. The van der Waals surface area contributed by atoms with E-state index in [0.29, 0.717) is 6.54 Å². The van der Waals surface area contributed by atoms with Crippen LogP contribution in [0.3, 0.4) is 0 Å². The van der Waals surface area contributed by atoms with Gasteiger partial charge in [0.2, 0.25) is 0 Å². The van der Waals surface area contributed by atoms with Crippen molar-refractivity contribution in [3.05, 3.63) is 69.9 Å². The molecule has 1 aromatic carbocycles. The van der Waals surface area contributed by atoms with E-state index in [1.807, 2.05) is 35.3 Å². The van der Waals surface area contributed by atoms with Gasteiger partial charge in [-0.2, -0.15) is 5.10 Å². The van der Waals surface area contributed by atoms with Gasteiger partial charge in [0.05, 0.1) is 17.7 Å². The Kier molecular flexibility index (Phi) is 8.73. The summed E-state index contributed by atoms with van der Waals surface area (Å²) in [5.74, 6) is 0.786. The summed E-state index contributed by atoms with van der Waals surface area (Å²) in [6.07, 6.45) is 6.77. The van der Waals surface area contributed by atoms with Crippen molar-refractivity contribution in [2.24, 2.45) is 4.99 Å². The maximum atomic E-state index is 4.43. The maximum Gasteiger partial charge on any atom is 0.191 e. The number of nitrogens with one attached hydrogen (secondary N) is 2. The smallest absolute Gasteiger partial charge is 0.191 e. The normalized spacial score (nSPS) is 11.1. The Morgan fingerprint density at radius 1 is 1.15 bits per heavy atom. The lowest BCUT2D eigenvalue weighted by atomic mass is 10.2. The first-order chi connectivity index (χ1) is 12.7. The molecule has 2 aromatic heterocycles. The molecule has 8 heteroatoms. The van der Waals surface area contributed by atoms with Crippen LogP contribution >= 0.6 is 35.3 Å². The molecule has 0 fully saturated rings. The van der Waals surface area contributed by atoms with Crippen molar-refractivity contribution in [3.63, 3.8) is 0 Å². The van der Waals surface area contributed by atoms with Gasteiger partial charge in [-0.1, -0.05) is 30.3 Å². The summed E-state index contributed by atoms with van der Waals surface area (Å²) in [4.78, 5) is 9.89. The summed E-state index contributed by atoms with van der Waals surface area (Å²) in [6.45, 7) is 4.35. The van der Waals surface area contributed by atoms with Crippen molar-refractivity contribution >= 4 is 41.3 Å². The predicted molar refractivity (Wildman–Crippen MR) is 122 cm³/mol. The Morgan fingerprint density at radius 2 is 1.96 bits per heavy atom. The summed E-state index contributed by atoms with van der Waals surface area (Å²) in [5.41, 5.74) is 2.37. The summed E-state index contributed by atoms with van der Waals surface area (Å²) in [5, 5.41) is 12.2. The number of aromatic nitrogens is 3. The van der Waals surface area contributed by atoms with Gasteiger partial charge >= 0.3 is 0 Å². The lowest BCUT2D eigenvalue weighted by molar-refractivity contribution is 0.685. The molecule has 0 atom stereocenters. The highest BCUT2D eigenvalue weighted by Gasteiger charge is 2.03. The van der Waals surface area contributed by atoms with E-state index in [0.717, 1.165) is 36.0 Å². The summed E-state index contributed by atoms with van der Waals surface area (Å²) < 4.78 is 1.95. The van der Waals surface area contributed by atoms with Crippen LogP contribution in [0.4, 0.5) is 0 Å². The average Bonchev–Trinajstić information content (AvgIpc) is 3.27. The topological polar surface area (TPSA) is 67.1 Å². The second-order valence-corrected chi connectivity index (χ2v) is 7.32. The number of aliphatic imine (C=N–C) groups is 1. The molecule has 2 N–H and O–H groups in total. The van der Waals surface area contributed by atoms with E-state index in [1.165, 1.54) is 10.4 Å². The third-order valence-corrected chi connectivity index (χ3v) is 4.83. The van der Waals surface area contributed by atoms with Crippen LogP contribution in [-0.4, -0.2) is 34.3 Å². The molecule has 0 aliphatic carbocycles. The zero-order chi connectivity index (χ0) is 18.2. The molecular weight excluding hydrogens is 471 g/mol. The number of nitrogens with zero attached hydrogens (tertiary/aromatic N) is 4. The fourth-order valence-corrected chi connectivity index (χ4v) is 3.35. The van der Waals surface area contributed by atoms with E-state index in [1.54, 1.807) is 18.4 Å². The van der Waals surface area contributed by atoms with Gasteiger partial charge in [0.15, 0.2) is 5.96 Å². The molecule has 0 amide bonds. The number of hydrogen-bond donors (Lipinski definition) is 2. The van der Waals surface area contributed by atoms with E-state index in [2.05, 4.69) is 51.0 Å². The molecule has 0 unspecified atom stereocenters. The van der Waals surface area contributed by atoms with Gasteiger partial charge in [-0.3, -0.25) is 9.67 Å². The molecule has 0 aliphatic rings. The SMILES string of the molecule is CN=C(NCCc1ncc(C)s1)NCc1cnn(Cc2ccccc2)c1.I. The minimum Gasteiger partial charge on any atom is -0.356 e. The minimum absolute atomic E-state index is 0. The van der Waals surface area contributed by atoms with Crippen molar-refractivity contribution in [2.45, 2.75) is 26.4 Å². The third kappa shape index (κ3) is 6.94. The van der Waals surface area contributed by atoms with Crippen molar-refractivity contribution in [2.75, 3.05) is 13.6 Å². The molecule has 0 aliphatic heterocycles. The molecule has 0 radical (unpaired) electrons. The highest BCUT2D eigenvalue weighted by Crippen LogP contribution is 2.10. The molecule has 0 saturated heterocycles. The van der Waals surface area contributed by atoms with Gasteiger partial charge in [-0.05, 0) is 12.5 Å². The first kappa shape index (κ1) is 21.4. The number of benzene rings is 1. The van der Waals surface area contributed by atoms with E-state index in [9.17, 15) is 0 Å². The molecule has 6 nitrogen and oxygen atoms in total. The Bertz CT molecular complexity index is 843. The number of halogens is 1. The van der Waals surface area contributed by atoms with Crippen molar-refractivity contribution in [1.29, 1.82) is 0 Å². The monoisotopic (exact) mass is 496 g/mol. The summed E-state index contributed by atoms with van der Waals surface area (Å²) in [6, 6.07) is 10.3. The number of guanidine groups is 1.